The number of hydrogen-bond donors (Lipinski definition) is 2. The van der Waals surface area contributed by atoms with Crippen LogP contribution in [0.4, 0.5) is 5.69 Å². The van der Waals surface area contributed by atoms with E-state index in [1.807, 2.05) is 13.8 Å². The fourth-order valence-corrected chi connectivity index (χ4v) is 1.12. The Labute approximate surface area is 72.2 Å². The molecular weight excluding hydrogens is 152 g/mol. The van der Waals surface area contributed by atoms with Crippen LogP contribution in [-0.4, -0.2) is 10.1 Å². The van der Waals surface area contributed by atoms with E-state index in [0.29, 0.717) is 12.1 Å². The highest BCUT2D eigenvalue weighted by Crippen LogP contribution is 2.20. The lowest BCUT2D eigenvalue weighted by Gasteiger charge is -2.10. The minimum atomic E-state index is -0.444. The molecule has 1 aromatic rings. The normalized spacial score (nSPS) is 12.9. The van der Waals surface area contributed by atoms with E-state index in [-0.39, 0.29) is 0 Å². The van der Waals surface area contributed by atoms with Gasteiger partial charge in [0.2, 0.25) is 0 Å². The molecule has 3 heteroatoms. The van der Waals surface area contributed by atoms with Gasteiger partial charge >= 0.3 is 0 Å². The summed E-state index contributed by atoms with van der Waals surface area (Å²) in [4.78, 5) is 4.06. The Hall–Kier alpha value is -1.09. The van der Waals surface area contributed by atoms with Gasteiger partial charge in [-0.25, -0.2) is 0 Å². The molecule has 1 rings (SSSR count). The monoisotopic (exact) mass is 166 g/mol. The van der Waals surface area contributed by atoms with Gasteiger partial charge in [0.05, 0.1) is 18.0 Å². The Bertz CT molecular complexity index is 273. The molecule has 0 amide bonds. The average molecular weight is 166 g/mol. The van der Waals surface area contributed by atoms with Gasteiger partial charge in [-0.2, -0.15) is 0 Å². The maximum absolute atomic E-state index is 9.54. The summed E-state index contributed by atoms with van der Waals surface area (Å²) in [6, 6.07) is 1.77. The molecule has 0 bridgehead atoms. The largest absolute Gasteiger partial charge is 0.397 e. The highest BCUT2D eigenvalue weighted by atomic mass is 16.3. The lowest BCUT2D eigenvalue weighted by atomic mass is 10.1. The summed E-state index contributed by atoms with van der Waals surface area (Å²) in [5, 5.41) is 9.54. The van der Waals surface area contributed by atoms with Crippen molar-refractivity contribution >= 4 is 5.69 Å². The van der Waals surface area contributed by atoms with Crippen LogP contribution < -0.4 is 5.73 Å². The zero-order valence-corrected chi connectivity index (χ0v) is 7.41. The molecule has 0 aliphatic carbocycles. The molecule has 1 aromatic heterocycles. The van der Waals surface area contributed by atoms with Gasteiger partial charge < -0.3 is 10.8 Å². The van der Waals surface area contributed by atoms with E-state index in [1.165, 1.54) is 0 Å². The average Bonchev–Trinajstić information content (AvgIpc) is 2.08. The molecular formula is C9H14N2O. The number of aliphatic hydroxyl groups is 1. The number of nitrogen functional groups attached to an aromatic ring is 1. The fraction of sp³-hybridized carbons (Fsp3) is 0.444. The number of aromatic nitrogens is 1. The van der Waals surface area contributed by atoms with Crippen molar-refractivity contribution in [2.24, 2.45) is 0 Å². The predicted octanol–water partition coefficient (Wildman–Crippen LogP) is 1.42. The summed E-state index contributed by atoms with van der Waals surface area (Å²) in [6.45, 7) is 3.79. The number of aryl methyl sites for hydroxylation is 1. The molecule has 0 aliphatic rings. The van der Waals surface area contributed by atoms with E-state index in [4.69, 9.17) is 5.73 Å². The second kappa shape index (κ2) is 3.54. The van der Waals surface area contributed by atoms with Crippen molar-refractivity contribution in [3.63, 3.8) is 0 Å². The Kier molecular flexibility index (Phi) is 2.65. The van der Waals surface area contributed by atoms with Gasteiger partial charge in [0.25, 0.3) is 0 Å². The molecule has 0 spiro atoms. The van der Waals surface area contributed by atoms with Gasteiger partial charge in [0.1, 0.15) is 0 Å². The van der Waals surface area contributed by atoms with E-state index >= 15 is 0 Å². The summed E-state index contributed by atoms with van der Waals surface area (Å²) in [5.74, 6) is 0. The molecule has 0 aromatic carbocycles. The van der Waals surface area contributed by atoms with Crippen LogP contribution in [0.1, 0.15) is 30.7 Å². The molecule has 0 radical (unpaired) electrons. The number of hydrogen-bond acceptors (Lipinski definition) is 3. The Morgan fingerprint density at radius 3 is 2.92 bits per heavy atom. The molecule has 0 aliphatic heterocycles. The zero-order chi connectivity index (χ0) is 9.14. The molecule has 3 nitrogen and oxygen atoms in total. The quantitative estimate of drug-likeness (QED) is 0.698. The first-order valence-corrected chi connectivity index (χ1v) is 4.05. The van der Waals surface area contributed by atoms with Crippen LogP contribution in [0.5, 0.6) is 0 Å². The maximum atomic E-state index is 9.54. The minimum Gasteiger partial charge on any atom is -0.397 e. The van der Waals surface area contributed by atoms with Gasteiger partial charge in [0.15, 0.2) is 0 Å². The smallest absolute Gasteiger partial charge is 0.0805 e. The van der Waals surface area contributed by atoms with Crippen molar-refractivity contribution in [3.05, 3.63) is 23.5 Å². The first-order chi connectivity index (χ1) is 5.65. The fourth-order valence-electron chi connectivity index (χ4n) is 1.12. The van der Waals surface area contributed by atoms with Crippen LogP contribution >= 0.6 is 0 Å². The SMILES string of the molecule is CCC(O)c1cc(N)cnc1C. The molecule has 12 heavy (non-hydrogen) atoms. The Balaban J connectivity index is 3.04. The van der Waals surface area contributed by atoms with Crippen molar-refractivity contribution in [3.8, 4) is 0 Å². The predicted molar refractivity (Wildman–Crippen MR) is 48.6 cm³/mol. The Morgan fingerprint density at radius 1 is 1.67 bits per heavy atom. The van der Waals surface area contributed by atoms with E-state index in [9.17, 15) is 5.11 Å². The van der Waals surface area contributed by atoms with Crippen LogP contribution in [-0.2, 0) is 0 Å². The lowest BCUT2D eigenvalue weighted by molar-refractivity contribution is 0.172. The summed E-state index contributed by atoms with van der Waals surface area (Å²) in [7, 11) is 0. The molecule has 66 valence electrons. The molecule has 0 saturated heterocycles. The topological polar surface area (TPSA) is 59.1 Å². The van der Waals surface area contributed by atoms with Crippen LogP contribution in [0.2, 0.25) is 0 Å². The van der Waals surface area contributed by atoms with Gasteiger partial charge in [-0.3, -0.25) is 4.98 Å². The summed E-state index contributed by atoms with van der Waals surface area (Å²) >= 11 is 0. The highest BCUT2D eigenvalue weighted by molar-refractivity contribution is 5.40. The van der Waals surface area contributed by atoms with Crippen LogP contribution in [0.3, 0.4) is 0 Å². The van der Waals surface area contributed by atoms with Crippen molar-refractivity contribution < 1.29 is 5.11 Å². The highest BCUT2D eigenvalue weighted by Gasteiger charge is 2.08. The van der Waals surface area contributed by atoms with E-state index < -0.39 is 6.10 Å². The lowest BCUT2D eigenvalue weighted by Crippen LogP contribution is -2.01. The standard InChI is InChI=1S/C9H14N2O/c1-3-9(12)8-4-7(10)5-11-6(8)2/h4-5,9,12H,3,10H2,1-2H3. The third-order valence-electron chi connectivity index (χ3n) is 1.89. The Morgan fingerprint density at radius 2 is 2.33 bits per heavy atom. The second-order valence-electron chi connectivity index (χ2n) is 2.87. The van der Waals surface area contributed by atoms with Gasteiger partial charge in [-0.05, 0) is 19.4 Å². The maximum Gasteiger partial charge on any atom is 0.0805 e. The zero-order valence-electron chi connectivity index (χ0n) is 7.41. The molecule has 3 N–H and O–H groups in total. The minimum absolute atomic E-state index is 0.444. The number of nitrogens with two attached hydrogens (primary N) is 1. The van der Waals surface area contributed by atoms with Crippen LogP contribution in [0, 0.1) is 6.92 Å². The third-order valence-corrected chi connectivity index (χ3v) is 1.89. The number of rotatable bonds is 2. The number of aliphatic hydroxyl groups excluding tert-OH is 1. The van der Waals surface area contributed by atoms with Gasteiger partial charge in [0, 0.05) is 11.3 Å². The van der Waals surface area contributed by atoms with Gasteiger partial charge in [-0.15, -0.1) is 0 Å². The van der Waals surface area contributed by atoms with E-state index in [2.05, 4.69) is 4.98 Å². The van der Waals surface area contributed by atoms with Gasteiger partial charge in [-0.1, -0.05) is 6.92 Å². The third kappa shape index (κ3) is 1.74. The summed E-state index contributed by atoms with van der Waals surface area (Å²) in [5.41, 5.74) is 7.82. The van der Waals surface area contributed by atoms with Crippen molar-refractivity contribution in [2.75, 3.05) is 5.73 Å². The summed E-state index contributed by atoms with van der Waals surface area (Å²) < 4.78 is 0. The number of pyridine rings is 1. The van der Waals surface area contributed by atoms with E-state index in [1.54, 1.807) is 12.3 Å². The van der Waals surface area contributed by atoms with Crippen molar-refractivity contribution in [2.45, 2.75) is 26.4 Å². The first-order valence-electron chi connectivity index (χ1n) is 4.05. The van der Waals surface area contributed by atoms with Crippen LogP contribution in [0.25, 0.3) is 0 Å². The van der Waals surface area contributed by atoms with Crippen LogP contribution in [0.15, 0.2) is 12.3 Å². The van der Waals surface area contributed by atoms with Crippen molar-refractivity contribution in [1.82, 2.24) is 4.98 Å². The summed E-state index contributed by atoms with van der Waals surface area (Å²) in [6.07, 6.45) is 1.84. The number of anilines is 1. The molecule has 0 fully saturated rings. The molecule has 1 unspecified atom stereocenters. The molecule has 1 heterocycles. The van der Waals surface area contributed by atoms with Crippen molar-refractivity contribution in [1.29, 1.82) is 0 Å². The second-order valence-corrected chi connectivity index (χ2v) is 2.87. The first kappa shape index (κ1) is 9.00. The molecule has 1 atom stereocenters. The van der Waals surface area contributed by atoms with E-state index in [0.717, 1.165) is 11.3 Å². The molecule has 0 saturated carbocycles. The number of nitrogens with zero attached hydrogens (tertiary/aromatic N) is 1.